The molecule has 8 atom stereocenters. The van der Waals surface area contributed by atoms with Gasteiger partial charge in [-0.05, 0) is 36.3 Å². The third-order valence-electron chi connectivity index (χ3n) is 9.80. The minimum atomic E-state index is -0.693. The van der Waals surface area contributed by atoms with E-state index in [0.29, 0.717) is 25.3 Å². The van der Waals surface area contributed by atoms with Crippen molar-refractivity contribution in [3.05, 3.63) is 54.4 Å². The van der Waals surface area contributed by atoms with Crippen LogP contribution in [0.2, 0.25) is 0 Å². The molecule has 1 fully saturated rings. The number of carbonyl (C=O) groups is 3. The zero-order valence-corrected chi connectivity index (χ0v) is 30.3. The van der Waals surface area contributed by atoms with E-state index in [9.17, 15) is 19.6 Å². The number of nitriles is 1. The molecule has 268 valence electrons. The largest absolute Gasteiger partial charge is 0.379 e. The summed E-state index contributed by atoms with van der Waals surface area (Å²) < 4.78 is 11.9. The Morgan fingerprint density at radius 2 is 1.73 bits per heavy atom. The molecule has 1 aliphatic heterocycles. The van der Waals surface area contributed by atoms with Crippen molar-refractivity contribution in [2.24, 2.45) is 17.8 Å². The summed E-state index contributed by atoms with van der Waals surface area (Å²) in [4.78, 5) is 53.5. The molecular weight excluding hydrogens is 622 g/mol. The predicted molar refractivity (Wildman–Crippen MR) is 188 cm³/mol. The molecule has 1 saturated heterocycles. The van der Waals surface area contributed by atoms with Gasteiger partial charge in [0.15, 0.2) is 0 Å². The first-order valence-electron chi connectivity index (χ1n) is 17.4. The second-order valence-corrected chi connectivity index (χ2v) is 13.4. The number of nitrogens with zero attached hydrogens (tertiary/aromatic N) is 5. The van der Waals surface area contributed by atoms with Gasteiger partial charge in [0, 0.05) is 46.6 Å². The lowest BCUT2D eigenvalue weighted by atomic mass is 9.89. The molecular formula is C37H55N7O5. The second kappa shape index (κ2) is 19.2. The van der Waals surface area contributed by atoms with Crippen molar-refractivity contribution in [3.63, 3.8) is 0 Å². The molecule has 49 heavy (non-hydrogen) atoms. The molecule has 2 N–H and O–H groups in total. The molecule has 1 unspecified atom stereocenters. The van der Waals surface area contributed by atoms with Gasteiger partial charge >= 0.3 is 0 Å². The van der Waals surface area contributed by atoms with Gasteiger partial charge in [-0.2, -0.15) is 5.26 Å². The van der Waals surface area contributed by atoms with Crippen molar-refractivity contribution < 1.29 is 23.9 Å². The number of ether oxygens (including phenoxy) is 2. The SMILES string of the molecule is CC[C@H](C)[C@@H]([C@@H](CC(=O)N1CCC[C@H]1[C@H](OC)[C@@H](C)C(=O)N[C@H](C#N)Cc1ccccc1)OC)N(C)C(=O)C(Nc1ncccn1)C(C)C. The molecule has 3 amide bonds. The van der Waals surface area contributed by atoms with Crippen LogP contribution in [0.15, 0.2) is 48.8 Å². The first-order valence-corrected chi connectivity index (χ1v) is 17.4. The Labute approximate surface area is 291 Å². The molecule has 1 aromatic carbocycles. The first kappa shape index (κ1) is 39.4. The zero-order chi connectivity index (χ0) is 36.1. The van der Waals surface area contributed by atoms with E-state index < -0.39 is 30.2 Å². The summed E-state index contributed by atoms with van der Waals surface area (Å²) in [6, 6.07) is 11.5. The summed E-state index contributed by atoms with van der Waals surface area (Å²) in [7, 11) is 4.90. The van der Waals surface area contributed by atoms with Crippen molar-refractivity contribution in [2.75, 3.05) is 33.1 Å². The van der Waals surface area contributed by atoms with Gasteiger partial charge in [-0.15, -0.1) is 0 Å². The minimum Gasteiger partial charge on any atom is -0.379 e. The van der Waals surface area contributed by atoms with E-state index in [1.807, 2.05) is 44.2 Å². The van der Waals surface area contributed by atoms with Crippen LogP contribution in [0, 0.1) is 29.1 Å². The molecule has 2 heterocycles. The fourth-order valence-electron chi connectivity index (χ4n) is 6.83. The summed E-state index contributed by atoms with van der Waals surface area (Å²) in [6.07, 6.45) is 4.78. The van der Waals surface area contributed by atoms with Crippen molar-refractivity contribution in [1.82, 2.24) is 25.1 Å². The van der Waals surface area contributed by atoms with Gasteiger partial charge < -0.3 is 29.9 Å². The number of benzene rings is 1. The van der Waals surface area contributed by atoms with E-state index in [-0.39, 0.29) is 48.1 Å². The highest BCUT2D eigenvalue weighted by Gasteiger charge is 2.43. The molecule has 1 aromatic heterocycles. The van der Waals surface area contributed by atoms with Gasteiger partial charge in [0.05, 0.1) is 42.7 Å². The molecule has 12 heteroatoms. The van der Waals surface area contributed by atoms with Gasteiger partial charge in [0.2, 0.25) is 23.7 Å². The van der Waals surface area contributed by atoms with E-state index in [1.165, 1.54) is 0 Å². The number of aromatic nitrogens is 2. The third kappa shape index (κ3) is 10.5. The smallest absolute Gasteiger partial charge is 0.245 e. The van der Waals surface area contributed by atoms with Crippen molar-refractivity contribution in [1.29, 1.82) is 5.26 Å². The van der Waals surface area contributed by atoms with Gasteiger partial charge in [-0.3, -0.25) is 14.4 Å². The standard InChI is InChI=1S/C37H55N7O5/c1-9-25(4)33(43(6)36(47)32(24(2)3)42-37-39-18-14-19-40-37)30(48-7)22-31(45)44-20-13-17-29(44)34(49-8)26(5)35(46)41-28(23-38)21-27-15-11-10-12-16-27/h10-12,14-16,18-19,24-26,28-30,32-34H,9,13,17,20-22H2,1-8H3,(H,41,46)(H,39,40,42)/t25-,26+,28-,29-,30+,32?,33-,34+/m0/s1. The molecule has 0 aliphatic carbocycles. The molecule has 12 nitrogen and oxygen atoms in total. The Kier molecular flexibility index (Phi) is 15.4. The summed E-state index contributed by atoms with van der Waals surface area (Å²) in [6.45, 7) is 10.4. The number of rotatable bonds is 18. The lowest BCUT2D eigenvalue weighted by molar-refractivity contribution is -0.146. The Bertz CT molecular complexity index is 1370. The number of anilines is 1. The van der Waals surface area contributed by atoms with Gasteiger partial charge in [0.1, 0.15) is 12.1 Å². The molecule has 0 saturated carbocycles. The number of hydrogen-bond acceptors (Lipinski definition) is 9. The fourth-order valence-corrected chi connectivity index (χ4v) is 6.83. The van der Waals surface area contributed by atoms with Crippen LogP contribution in [0.5, 0.6) is 0 Å². The lowest BCUT2D eigenvalue weighted by Crippen LogP contribution is -2.56. The van der Waals surface area contributed by atoms with Crippen molar-refractivity contribution in [2.45, 2.75) is 103 Å². The lowest BCUT2D eigenvalue weighted by Gasteiger charge is -2.40. The third-order valence-corrected chi connectivity index (χ3v) is 9.80. The number of carbonyl (C=O) groups excluding carboxylic acids is 3. The molecule has 0 bridgehead atoms. The van der Waals surface area contributed by atoms with Crippen LogP contribution >= 0.6 is 0 Å². The van der Waals surface area contributed by atoms with Gasteiger partial charge in [0.25, 0.3) is 0 Å². The number of nitrogens with one attached hydrogen (secondary N) is 2. The van der Waals surface area contributed by atoms with E-state index in [2.05, 4.69) is 40.5 Å². The summed E-state index contributed by atoms with van der Waals surface area (Å²) in [5.74, 6) is -0.820. The molecule has 2 aromatic rings. The monoisotopic (exact) mass is 677 g/mol. The Morgan fingerprint density at radius 3 is 2.31 bits per heavy atom. The van der Waals surface area contributed by atoms with Crippen LogP contribution in [0.4, 0.5) is 5.95 Å². The topological polar surface area (TPSA) is 150 Å². The van der Waals surface area contributed by atoms with Gasteiger partial charge in [-0.1, -0.05) is 71.4 Å². The number of amides is 3. The predicted octanol–water partition coefficient (Wildman–Crippen LogP) is 4.08. The second-order valence-electron chi connectivity index (χ2n) is 13.4. The zero-order valence-electron chi connectivity index (χ0n) is 30.3. The van der Waals surface area contributed by atoms with Gasteiger partial charge in [-0.25, -0.2) is 9.97 Å². The summed E-state index contributed by atoms with van der Waals surface area (Å²) in [5.41, 5.74) is 0.954. The molecule has 0 spiro atoms. The van der Waals surface area contributed by atoms with Crippen LogP contribution in [-0.4, -0.2) is 102 Å². The summed E-state index contributed by atoms with van der Waals surface area (Å²) >= 11 is 0. The Hall–Kier alpha value is -4.08. The number of hydrogen-bond donors (Lipinski definition) is 2. The van der Waals surface area contributed by atoms with E-state index >= 15 is 0 Å². The van der Waals surface area contributed by atoms with Crippen molar-refractivity contribution >= 4 is 23.7 Å². The maximum atomic E-state index is 14.1. The summed E-state index contributed by atoms with van der Waals surface area (Å²) in [5, 5.41) is 15.8. The van der Waals surface area contributed by atoms with Crippen LogP contribution in [0.3, 0.4) is 0 Å². The quantitative estimate of drug-likeness (QED) is 0.238. The van der Waals surface area contributed by atoms with Crippen molar-refractivity contribution in [3.8, 4) is 6.07 Å². The molecule has 3 rings (SSSR count). The average Bonchev–Trinajstić information content (AvgIpc) is 3.60. The molecule has 1 aliphatic rings. The first-order chi connectivity index (χ1) is 23.5. The van der Waals surface area contributed by atoms with Crippen LogP contribution in [-0.2, 0) is 30.3 Å². The van der Waals surface area contributed by atoms with E-state index in [0.717, 1.165) is 18.4 Å². The van der Waals surface area contributed by atoms with E-state index in [1.54, 1.807) is 56.5 Å². The van der Waals surface area contributed by atoms with Crippen LogP contribution < -0.4 is 10.6 Å². The van der Waals surface area contributed by atoms with Crippen LogP contribution in [0.1, 0.15) is 65.9 Å². The normalized spacial score (nSPS) is 18.8. The highest BCUT2D eigenvalue weighted by Crippen LogP contribution is 2.30. The number of likely N-dealkylation sites (N-methyl/N-ethyl adjacent to an activating group) is 1. The highest BCUT2D eigenvalue weighted by atomic mass is 16.5. The highest BCUT2D eigenvalue weighted by molar-refractivity contribution is 5.85. The fraction of sp³-hybridized carbons (Fsp3) is 0.622. The number of likely N-dealkylation sites (tertiary alicyclic amines) is 1. The molecule has 0 radical (unpaired) electrons. The van der Waals surface area contributed by atoms with E-state index in [4.69, 9.17) is 9.47 Å². The Morgan fingerprint density at radius 1 is 1.06 bits per heavy atom. The Balaban J connectivity index is 1.75. The maximum Gasteiger partial charge on any atom is 0.245 e. The average molecular weight is 678 g/mol. The minimum absolute atomic E-state index is 0.0290. The van der Waals surface area contributed by atoms with Crippen LogP contribution in [0.25, 0.3) is 0 Å². The number of methoxy groups -OCH3 is 2. The maximum absolute atomic E-state index is 14.1.